The molecule has 1 aliphatic rings. The van der Waals surface area contributed by atoms with E-state index in [0.29, 0.717) is 13.2 Å². The van der Waals surface area contributed by atoms with E-state index in [2.05, 4.69) is 0 Å². The minimum atomic E-state index is -0.464. The summed E-state index contributed by atoms with van der Waals surface area (Å²) in [7, 11) is 1.32. The van der Waals surface area contributed by atoms with Gasteiger partial charge in [-0.05, 0) is 31.0 Å². The number of nitrogens with zero attached hydrogens (tertiary/aromatic N) is 1. The van der Waals surface area contributed by atoms with Crippen molar-refractivity contribution in [3.63, 3.8) is 0 Å². The molecule has 2 atom stereocenters. The third kappa shape index (κ3) is 4.76. The Hall–Kier alpha value is -1.95. The number of hydrogen-bond acceptors (Lipinski definition) is 4. The van der Waals surface area contributed by atoms with Crippen LogP contribution in [0, 0.1) is 11.7 Å². The number of esters is 1. The summed E-state index contributed by atoms with van der Waals surface area (Å²) in [6.45, 7) is 2.98. The van der Waals surface area contributed by atoms with E-state index in [4.69, 9.17) is 9.47 Å². The van der Waals surface area contributed by atoms with Crippen LogP contribution in [0.2, 0.25) is 0 Å². The van der Waals surface area contributed by atoms with Crippen molar-refractivity contribution >= 4 is 11.9 Å². The van der Waals surface area contributed by atoms with Gasteiger partial charge < -0.3 is 14.4 Å². The minimum Gasteiger partial charge on any atom is -0.469 e. The van der Waals surface area contributed by atoms with Crippen molar-refractivity contribution in [2.24, 2.45) is 5.92 Å². The molecule has 1 amide bonds. The van der Waals surface area contributed by atoms with Crippen molar-refractivity contribution in [2.45, 2.75) is 25.9 Å². The van der Waals surface area contributed by atoms with Crippen LogP contribution in [0.15, 0.2) is 24.3 Å². The highest BCUT2D eigenvalue weighted by Crippen LogP contribution is 2.17. The van der Waals surface area contributed by atoms with Crippen LogP contribution in [-0.2, 0) is 14.3 Å². The van der Waals surface area contributed by atoms with Gasteiger partial charge in [-0.2, -0.15) is 0 Å². The summed E-state index contributed by atoms with van der Waals surface area (Å²) in [5, 5.41) is 0. The molecular weight excluding hydrogens is 301 g/mol. The maximum Gasteiger partial charge on any atom is 0.310 e. The van der Waals surface area contributed by atoms with E-state index in [9.17, 15) is 14.0 Å². The van der Waals surface area contributed by atoms with Crippen molar-refractivity contribution in [1.82, 2.24) is 4.90 Å². The van der Waals surface area contributed by atoms with Gasteiger partial charge in [0.25, 0.3) is 5.91 Å². The fourth-order valence-electron chi connectivity index (χ4n) is 2.68. The smallest absolute Gasteiger partial charge is 0.310 e. The molecule has 0 radical (unpaired) electrons. The SMILES string of the molecule is COC(=O)C(C)CN(CC1CCCO1)C(=O)c1cccc(F)c1. The number of rotatable bonds is 6. The Labute approximate surface area is 135 Å². The zero-order chi connectivity index (χ0) is 16.8. The Morgan fingerprint density at radius 2 is 2.26 bits per heavy atom. The van der Waals surface area contributed by atoms with E-state index in [0.717, 1.165) is 12.8 Å². The Bertz CT molecular complexity index is 557. The molecule has 1 aromatic carbocycles. The minimum absolute atomic E-state index is 0.0441. The van der Waals surface area contributed by atoms with Crippen LogP contribution in [0.25, 0.3) is 0 Å². The lowest BCUT2D eigenvalue weighted by atomic mass is 10.1. The summed E-state index contributed by atoms with van der Waals surface area (Å²) in [5.41, 5.74) is 0.264. The molecule has 6 heteroatoms. The molecule has 2 rings (SSSR count). The standard InChI is InChI=1S/C17H22FNO4/c1-12(17(21)22-2)10-19(11-15-7-4-8-23-15)16(20)13-5-3-6-14(18)9-13/h3,5-6,9,12,15H,4,7-8,10-11H2,1-2H3. The van der Waals surface area contributed by atoms with Crippen LogP contribution in [0.5, 0.6) is 0 Å². The predicted molar refractivity (Wildman–Crippen MR) is 82.5 cm³/mol. The van der Waals surface area contributed by atoms with Crippen molar-refractivity contribution in [3.8, 4) is 0 Å². The number of hydrogen-bond donors (Lipinski definition) is 0. The number of amides is 1. The molecule has 0 aliphatic carbocycles. The lowest BCUT2D eigenvalue weighted by Gasteiger charge is -2.27. The maximum absolute atomic E-state index is 13.4. The van der Waals surface area contributed by atoms with Crippen LogP contribution in [0.4, 0.5) is 4.39 Å². The summed E-state index contributed by atoms with van der Waals surface area (Å²) < 4.78 is 23.7. The summed E-state index contributed by atoms with van der Waals surface area (Å²) in [4.78, 5) is 25.9. The first-order valence-corrected chi connectivity index (χ1v) is 7.75. The highest BCUT2D eigenvalue weighted by molar-refractivity contribution is 5.94. The van der Waals surface area contributed by atoms with Gasteiger partial charge in [-0.25, -0.2) is 4.39 Å². The number of carbonyl (C=O) groups is 2. The zero-order valence-electron chi connectivity index (χ0n) is 13.5. The molecule has 23 heavy (non-hydrogen) atoms. The molecule has 0 N–H and O–H groups in total. The quantitative estimate of drug-likeness (QED) is 0.754. The monoisotopic (exact) mass is 323 g/mol. The lowest BCUT2D eigenvalue weighted by Crippen LogP contribution is -2.41. The van der Waals surface area contributed by atoms with Crippen molar-refractivity contribution in [1.29, 1.82) is 0 Å². The summed E-state index contributed by atoms with van der Waals surface area (Å²) in [6, 6.07) is 5.55. The van der Waals surface area contributed by atoms with Gasteiger partial charge >= 0.3 is 5.97 Å². The number of halogens is 1. The van der Waals surface area contributed by atoms with Gasteiger partial charge in [0.1, 0.15) is 5.82 Å². The summed E-state index contributed by atoms with van der Waals surface area (Å²) in [5.74, 6) is -1.61. The lowest BCUT2D eigenvalue weighted by molar-refractivity contribution is -0.145. The van der Waals surface area contributed by atoms with Gasteiger partial charge in [-0.15, -0.1) is 0 Å². The Morgan fingerprint density at radius 1 is 1.48 bits per heavy atom. The fourth-order valence-corrected chi connectivity index (χ4v) is 2.68. The van der Waals surface area contributed by atoms with E-state index in [1.165, 1.54) is 25.3 Å². The second kappa shape index (κ2) is 8.06. The first-order chi connectivity index (χ1) is 11.0. The molecule has 126 valence electrons. The number of carbonyl (C=O) groups excluding carboxylic acids is 2. The topological polar surface area (TPSA) is 55.8 Å². The molecule has 5 nitrogen and oxygen atoms in total. The van der Waals surface area contributed by atoms with E-state index in [-0.39, 0.29) is 30.1 Å². The van der Waals surface area contributed by atoms with Gasteiger partial charge in [0.05, 0.1) is 19.1 Å². The van der Waals surface area contributed by atoms with Crippen LogP contribution in [0.3, 0.4) is 0 Å². The van der Waals surface area contributed by atoms with Crippen LogP contribution in [-0.4, -0.2) is 49.7 Å². The largest absolute Gasteiger partial charge is 0.469 e. The van der Waals surface area contributed by atoms with Gasteiger partial charge in [-0.1, -0.05) is 13.0 Å². The summed E-state index contributed by atoms with van der Waals surface area (Å²) >= 11 is 0. The molecule has 1 saturated heterocycles. The van der Waals surface area contributed by atoms with Crippen LogP contribution < -0.4 is 0 Å². The normalized spacial score (nSPS) is 18.5. The molecule has 0 spiro atoms. The second-order valence-electron chi connectivity index (χ2n) is 5.78. The van der Waals surface area contributed by atoms with Crippen molar-refractivity contribution in [2.75, 3.05) is 26.8 Å². The van der Waals surface area contributed by atoms with Crippen molar-refractivity contribution < 1.29 is 23.5 Å². The van der Waals surface area contributed by atoms with Crippen LogP contribution in [0.1, 0.15) is 30.1 Å². The Morgan fingerprint density at radius 3 is 2.87 bits per heavy atom. The zero-order valence-corrected chi connectivity index (χ0v) is 13.5. The first-order valence-electron chi connectivity index (χ1n) is 7.75. The second-order valence-corrected chi connectivity index (χ2v) is 5.78. The molecule has 2 unspecified atom stereocenters. The first kappa shape index (κ1) is 17.4. The average Bonchev–Trinajstić information content (AvgIpc) is 3.05. The molecule has 0 aromatic heterocycles. The number of methoxy groups -OCH3 is 1. The molecule has 1 heterocycles. The van der Waals surface area contributed by atoms with Gasteiger partial charge in [-0.3, -0.25) is 9.59 Å². The average molecular weight is 323 g/mol. The Balaban J connectivity index is 2.13. The molecule has 0 bridgehead atoms. The fraction of sp³-hybridized carbons (Fsp3) is 0.529. The highest BCUT2D eigenvalue weighted by atomic mass is 19.1. The summed E-state index contributed by atoms with van der Waals surface area (Å²) in [6.07, 6.45) is 1.79. The number of benzene rings is 1. The van der Waals surface area contributed by atoms with Gasteiger partial charge in [0, 0.05) is 25.3 Å². The van der Waals surface area contributed by atoms with Gasteiger partial charge in [0.15, 0.2) is 0 Å². The molecular formula is C17H22FNO4. The highest BCUT2D eigenvalue weighted by Gasteiger charge is 2.27. The van der Waals surface area contributed by atoms with E-state index >= 15 is 0 Å². The van der Waals surface area contributed by atoms with E-state index in [1.807, 2.05) is 0 Å². The Kier molecular flexibility index (Phi) is 6.10. The van der Waals surface area contributed by atoms with Crippen molar-refractivity contribution in [3.05, 3.63) is 35.6 Å². The maximum atomic E-state index is 13.4. The molecule has 0 saturated carbocycles. The number of ether oxygens (including phenoxy) is 2. The van der Waals surface area contributed by atoms with E-state index in [1.54, 1.807) is 17.9 Å². The third-order valence-corrected chi connectivity index (χ3v) is 3.90. The molecule has 1 aliphatic heterocycles. The third-order valence-electron chi connectivity index (χ3n) is 3.90. The van der Waals surface area contributed by atoms with E-state index < -0.39 is 11.7 Å². The van der Waals surface area contributed by atoms with Crippen LogP contribution >= 0.6 is 0 Å². The van der Waals surface area contributed by atoms with Gasteiger partial charge in [0.2, 0.25) is 0 Å². The molecule has 1 aromatic rings. The predicted octanol–water partition coefficient (Wildman–Crippen LogP) is 2.26. The molecule has 1 fully saturated rings.